The van der Waals surface area contributed by atoms with E-state index < -0.39 is 0 Å². The highest BCUT2D eigenvalue weighted by molar-refractivity contribution is 5.25. The molecule has 1 spiro atoms. The van der Waals surface area contributed by atoms with Gasteiger partial charge in [-0.2, -0.15) is 0 Å². The zero-order valence-corrected chi connectivity index (χ0v) is 8.33. The highest BCUT2D eigenvalue weighted by Crippen LogP contribution is 2.41. The molecule has 0 aromatic heterocycles. The molecule has 0 radical (unpaired) electrons. The van der Waals surface area contributed by atoms with Gasteiger partial charge in [-0.3, -0.25) is 15.2 Å². The van der Waals surface area contributed by atoms with Crippen molar-refractivity contribution in [3.8, 4) is 0 Å². The third kappa shape index (κ3) is 1.06. The number of fused-ring (bicyclic) bond motifs is 2. The molecule has 76 valence electrons. The van der Waals surface area contributed by atoms with Crippen molar-refractivity contribution < 1.29 is 4.84 Å². The molecule has 0 aromatic carbocycles. The van der Waals surface area contributed by atoms with Crippen molar-refractivity contribution in [2.75, 3.05) is 19.6 Å². The third-order valence-electron chi connectivity index (χ3n) is 3.73. The number of allylic oxidation sites excluding steroid dienone is 1. The fraction of sp³-hybridized carbons (Fsp3) is 0.636. The van der Waals surface area contributed by atoms with Crippen LogP contribution in [0, 0.1) is 5.92 Å². The number of piperidine rings is 3. The smallest absolute Gasteiger partial charge is 0.132 e. The third-order valence-corrected chi connectivity index (χ3v) is 3.73. The van der Waals surface area contributed by atoms with Crippen molar-refractivity contribution in [1.82, 2.24) is 10.4 Å². The summed E-state index contributed by atoms with van der Waals surface area (Å²) < 4.78 is 0. The average molecular weight is 192 g/mol. The van der Waals surface area contributed by atoms with Crippen LogP contribution in [0.5, 0.6) is 0 Å². The molecule has 3 fully saturated rings. The first-order chi connectivity index (χ1) is 6.82. The number of nitrogens with one attached hydrogen (secondary N) is 1. The van der Waals surface area contributed by atoms with Gasteiger partial charge in [0.2, 0.25) is 0 Å². The van der Waals surface area contributed by atoms with Crippen LogP contribution in [0.1, 0.15) is 12.8 Å². The van der Waals surface area contributed by atoms with E-state index in [1.165, 1.54) is 25.9 Å². The van der Waals surface area contributed by atoms with E-state index >= 15 is 0 Å². The molecule has 1 unspecified atom stereocenters. The van der Waals surface area contributed by atoms with Crippen LogP contribution in [-0.4, -0.2) is 30.1 Å². The Morgan fingerprint density at radius 2 is 2.36 bits per heavy atom. The summed E-state index contributed by atoms with van der Waals surface area (Å²) in [6.45, 7) is 7.29. The Labute approximate surface area is 84.4 Å². The number of rotatable bonds is 1. The van der Waals surface area contributed by atoms with Gasteiger partial charge >= 0.3 is 0 Å². The first-order valence-electron chi connectivity index (χ1n) is 5.34. The van der Waals surface area contributed by atoms with E-state index in [1.54, 1.807) is 0 Å². The van der Waals surface area contributed by atoms with Crippen molar-refractivity contribution in [1.29, 1.82) is 0 Å². The predicted molar refractivity (Wildman–Crippen MR) is 54.4 cm³/mol. The molecular weight excluding hydrogens is 176 g/mol. The minimum atomic E-state index is -0.0555. The molecule has 3 nitrogen and oxygen atoms in total. The molecule has 0 aliphatic carbocycles. The minimum absolute atomic E-state index is 0.0555. The van der Waals surface area contributed by atoms with E-state index in [1.807, 2.05) is 6.08 Å². The van der Waals surface area contributed by atoms with Crippen LogP contribution in [0.2, 0.25) is 0 Å². The van der Waals surface area contributed by atoms with Crippen molar-refractivity contribution in [2.24, 2.45) is 5.92 Å². The summed E-state index contributed by atoms with van der Waals surface area (Å²) in [5, 5.41) is 0. The second-order valence-corrected chi connectivity index (χ2v) is 4.51. The fourth-order valence-electron chi connectivity index (χ4n) is 2.91. The van der Waals surface area contributed by atoms with E-state index in [2.05, 4.69) is 23.0 Å². The number of hydrogen-bond acceptors (Lipinski definition) is 3. The first-order valence-corrected chi connectivity index (χ1v) is 5.34. The van der Waals surface area contributed by atoms with Gasteiger partial charge in [0.15, 0.2) is 0 Å². The maximum atomic E-state index is 5.76. The summed E-state index contributed by atoms with van der Waals surface area (Å²) in [6.07, 6.45) is 6.58. The summed E-state index contributed by atoms with van der Waals surface area (Å²) in [5.41, 5.74) is 3.94. The van der Waals surface area contributed by atoms with Gasteiger partial charge < -0.3 is 0 Å². The minimum Gasteiger partial charge on any atom is -0.300 e. The fourth-order valence-corrected chi connectivity index (χ4v) is 2.91. The number of hydrogen-bond donors (Lipinski definition) is 1. The van der Waals surface area contributed by atoms with Crippen LogP contribution >= 0.6 is 0 Å². The molecular formula is C11H16N2O. The van der Waals surface area contributed by atoms with Gasteiger partial charge in [0, 0.05) is 6.54 Å². The van der Waals surface area contributed by atoms with Gasteiger partial charge in [0.05, 0.1) is 5.70 Å². The predicted octanol–water partition coefficient (Wildman–Crippen LogP) is 1.06. The Morgan fingerprint density at radius 3 is 2.86 bits per heavy atom. The molecule has 0 saturated carbocycles. The van der Waals surface area contributed by atoms with Gasteiger partial charge in [-0.15, -0.1) is 0 Å². The van der Waals surface area contributed by atoms with E-state index in [0.717, 1.165) is 12.2 Å². The van der Waals surface area contributed by atoms with Crippen LogP contribution < -0.4 is 5.48 Å². The first kappa shape index (κ1) is 8.50. The van der Waals surface area contributed by atoms with Crippen LogP contribution in [0.4, 0.5) is 0 Å². The van der Waals surface area contributed by atoms with Gasteiger partial charge in [-0.05, 0) is 44.0 Å². The van der Waals surface area contributed by atoms with Gasteiger partial charge in [-0.1, -0.05) is 6.58 Å². The van der Waals surface area contributed by atoms with Crippen molar-refractivity contribution in [3.63, 3.8) is 0 Å². The largest absolute Gasteiger partial charge is 0.300 e. The molecule has 3 heteroatoms. The number of hydroxylamine groups is 1. The highest BCUT2D eigenvalue weighted by Gasteiger charge is 2.49. The summed E-state index contributed by atoms with van der Waals surface area (Å²) in [4.78, 5) is 8.25. The maximum Gasteiger partial charge on any atom is 0.132 e. The lowest BCUT2D eigenvalue weighted by molar-refractivity contribution is -0.138. The Bertz CT molecular complexity index is 292. The number of nitrogens with zero attached hydrogens (tertiary/aromatic N) is 1. The zero-order chi connectivity index (χ0) is 9.60. The molecule has 14 heavy (non-hydrogen) atoms. The molecule has 0 amide bonds. The van der Waals surface area contributed by atoms with Gasteiger partial charge in [-0.25, -0.2) is 0 Å². The van der Waals surface area contributed by atoms with E-state index in [9.17, 15) is 0 Å². The quantitative estimate of drug-likeness (QED) is 0.672. The van der Waals surface area contributed by atoms with E-state index in [0.29, 0.717) is 5.92 Å². The second kappa shape index (κ2) is 2.84. The lowest BCUT2D eigenvalue weighted by atomic mass is 9.75. The molecule has 1 N–H and O–H groups in total. The van der Waals surface area contributed by atoms with E-state index in [-0.39, 0.29) is 5.60 Å². The standard InChI is InChI=1S/C11H16N2O/c1-2-10-7-11(14-12-10)8-13-5-3-9(11)4-6-13/h2,7,9,12H,1,3-6,8H2. The summed E-state index contributed by atoms with van der Waals surface area (Å²) in [6, 6.07) is 0. The molecule has 3 saturated heterocycles. The molecule has 1 atom stereocenters. The molecule has 4 heterocycles. The zero-order valence-electron chi connectivity index (χ0n) is 8.33. The Balaban J connectivity index is 1.91. The average Bonchev–Trinajstić information content (AvgIpc) is 2.63. The lowest BCUT2D eigenvalue weighted by Crippen LogP contribution is -2.58. The molecule has 4 aliphatic rings. The molecule has 4 aliphatic heterocycles. The van der Waals surface area contributed by atoms with Crippen LogP contribution in [0.3, 0.4) is 0 Å². The monoisotopic (exact) mass is 192 g/mol. The van der Waals surface area contributed by atoms with Crippen LogP contribution in [0.25, 0.3) is 0 Å². The molecule has 0 aromatic rings. The van der Waals surface area contributed by atoms with Crippen LogP contribution in [0.15, 0.2) is 24.4 Å². The summed E-state index contributed by atoms with van der Waals surface area (Å²) in [5.74, 6) is 0.692. The van der Waals surface area contributed by atoms with Gasteiger partial charge in [0.1, 0.15) is 5.60 Å². The summed E-state index contributed by atoms with van der Waals surface area (Å²) >= 11 is 0. The Morgan fingerprint density at radius 1 is 1.57 bits per heavy atom. The topological polar surface area (TPSA) is 24.5 Å². The Hall–Kier alpha value is -0.800. The SMILES string of the molecule is C=CC1=CC2(CN3CCC2CC3)ON1. The van der Waals surface area contributed by atoms with Crippen molar-refractivity contribution >= 4 is 0 Å². The van der Waals surface area contributed by atoms with Crippen LogP contribution in [-0.2, 0) is 4.84 Å². The lowest BCUT2D eigenvalue weighted by Gasteiger charge is -2.49. The summed E-state index contributed by atoms with van der Waals surface area (Å²) in [7, 11) is 0. The van der Waals surface area contributed by atoms with Crippen molar-refractivity contribution in [3.05, 3.63) is 24.4 Å². The molecule has 2 bridgehead atoms. The molecule has 4 rings (SSSR count). The van der Waals surface area contributed by atoms with Crippen molar-refractivity contribution in [2.45, 2.75) is 18.4 Å². The van der Waals surface area contributed by atoms with Gasteiger partial charge in [0.25, 0.3) is 0 Å². The highest BCUT2D eigenvalue weighted by atomic mass is 16.7. The van der Waals surface area contributed by atoms with E-state index in [4.69, 9.17) is 4.84 Å². The maximum absolute atomic E-state index is 5.76. The normalized spacial score (nSPS) is 45.0. The Kier molecular flexibility index (Phi) is 1.73. The second-order valence-electron chi connectivity index (χ2n) is 4.51.